The van der Waals surface area contributed by atoms with Crippen molar-refractivity contribution in [1.82, 2.24) is 4.90 Å². The van der Waals surface area contributed by atoms with Crippen LogP contribution in [0.3, 0.4) is 0 Å². The second kappa shape index (κ2) is 12.5. The van der Waals surface area contributed by atoms with Crippen LogP contribution < -0.4 is 0 Å². The van der Waals surface area contributed by atoms with Gasteiger partial charge in [0.2, 0.25) is 0 Å². The maximum Gasteiger partial charge on any atom is 0.342 e. The third-order valence-corrected chi connectivity index (χ3v) is 6.18. The van der Waals surface area contributed by atoms with Gasteiger partial charge in [-0.3, -0.25) is 4.79 Å². The molecule has 1 unspecified atom stereocenters. The Bertz CT molecular complexity index is 982. The Balaban J connectivity index is 1.88. The van der Waals surface area contributed by atoms with E-state index < -0.39 is 11.7 Å². The molecule has 0 radical (unpaired) electrons. The first kappa shape index (κ1) is 25.6. The summed E-state index contributed by atoms with van der Waals surface area (Å²) in [7, 11) is 0. The van der Waals surface area contributed by atoms with Crippen molar-refractivity contribution in [2.75, 3.05) is 26.3 Å². The van der Waals surface area contributed by atoms with Gasteiger partial charge < -0.3 is 24.7 Å². The van der Waals surface area contributed by atoms with Crippen molar-refractivity contribution in [3.05, 3.63) is 46.5 Å². The lowest BCUT2D eigenvalue weighted by Crippen LogP contribution is -2.37. The van der Waals surface area contributed by atoms with E-state index in [1.54, 1.807) is 11.0 Å². The molecule has 34 heavy (non-hydrogen) atoms. The monoisotopic (exact) mass is 490 g/mol. The van der Waals surface area contributed by atoms with Gasteiger partial charge in [-0.1, -0.05) is 41.9 Å². The number of carbonyl (C=O) groups excluding carboxylic acids is 2. The van der Waals surface area contributed by atoms with Gasteiger partial charge in [0.15, 0.2) is 6.61 Å². The number of nitrogens with zero attached hydrogens (tertiary/aromatic N) is 2. The summed E-state index contributed by atoms with van der Waals surface area (Å²) in [4.78, 5) is 32.3. The van der Waals surface area contributed by atoms with Crippen LogP contribution in [-0.4, -0.2) is 59.0 Å². The molecule has 1 saturated heterocycles. The molecule has 3 rings (SSSR count). The number of aromatic hydroxyl groups is 2. The van der Waals surface area contributed by atoms with E-state index >= 15 is 0 Å². The molecule has 2 aliphatic rings. The van der Waals surface area contributed by atoms with E-state index in [9.17, 15) is 19.8 Å². The van der Waals surface area contributed by atoms with Crippen molar-refractivity contribution in [2.24, 2.45) is 11.1 Å². The number of ether oxygens (including phenoxy) is 1. The number of amides is 1. The number of cyclic esters (lactones) is 1. The third-order valence-electron chi connectivity index (χ3n) is 5.76. The van der Waals surface area contributed by atoms with Crippen LogP contribution in [0.1, 0.15) is 54.9 Å². The van der Waals surface area contributed by atoms with Crippen molar-refractivity contribution in [2.45, 2.75) is 45.4 Å². The molecular weight excluding hydrogens is 460 g/mol. The summed E-state index contributed by atoms with van der Waals surface area (Å²) in [5, 5.41) is 24.6. The summed E-state index contributed by atoms with van der Waals surface area (Å²) >= 11 is 6.31. The zero-order chi connectivity index (χ0) is 24.5. The van der Waals surface area contributed by atoms with E-state index in [0.717, 1.165) is 31.7 Å². The zero-order valence-electron chi connectivity index (χ0n) is 19.3. The number of hydrogen-bond acceptors (Lipinski definition) is 7. The van der Waals surface area contributed by atoms with E-state index in [0.29, 0.717) is 25.2 Å². The number of fused-ring (bicyclic) bond motifs is 1. The van der Waals surface area contributed by atoms with E-state index in [-0.39, 0.29) is 53.4 Å². The van der Waals surface area contributed by atoms with Gasteiger partial charge in [0.1, 0.15) is 17.1 Å². The van der Waals surface area contributed by atoms with Crippen LogP contribution in [0.15, 0.2) is 35.5 Å². The summed E-state index contributed by atoms with van der Waals surface area (Å²) in [5.41, 5.74) is 0.405. The third kappa shape index (κ3) is 7.00. The Hall–Kier alpha value is -3.00. The molecule has 8 nitrogen and oxygen atoms in total. The average Bonchev–Trinajstić information content (AvgIpc) is 2.81. The average molecular weight is 491 g/mol. The maximum atomic E-state index is 12.7. The predicted octanol–water partition coefficient (Wildman–Crippen LogP) is 4.38. The standard InChI is InChI=1S/C25H31ClN2O6/c1-17-8-3-6-13-33-25(32)23-19(24(26)21(30)15-20(23)29)14-18(10-7-9-17)27-34-16-22(31)28-11-4-2-5-12-28/h3,7-8,10,15,17,29-30H,2,4-6,9,11-14,16H2,1H3/b8-3+,10-7+,27-18-. The van der Waals surface area contributed by atoms with Gasteiger partial charge in [-0.2, -0.15) is 0 Å². The lowest BCUT2D eigenvalue weighted by atomic mass is 9.99. The van der Waals surface area contributed by atoms with Gasteiger partial charge in [0, 0.05) is 25.6 Å². The highest BCUT2D eigenvalue weighted by atomic mass is 35.5. The molecule has 1 atom stereocenters. The molecule has 0 saturated carbocycles. The largest absolute Gasteiger partial charge is 0.507 e. The maximum absolute atomic E-state index is 12.7. The number of hydrogen-bond donors (Lipinski definition) is 2. The highest BCUT2D eigenvalue weighted by Gasteiger charge is 2.24. The van der Waals surface area contributed by atoms with Crippen LogP contribution in [0.2, 0.25) is 5.02 Å². The van der Waals surface area contributed by atoms with E-state index in [1.165, 1.54) is 0 Å². The van der Waals surface area contributed by atoms with Gasteiger partial charge >= 0.3 is 5.97 Å². The second-order valence-electron chi connectivity index (χ2n) is 8.52. The van der Waals surface area contributed by atoms with Gasteiger partial charge in [-0.25, -0.2) is 4.79 Å². The molecule has 2 aliphatic heterocycles. The highest BCUT2D eigenvalue weighted by molar-refractivity contribution is 6.33. The number of allylic oxidation sites excluding steroid dienone is 3. The first-order valence-corrected chi connectivity index (χ1v) is 11.9. The SMILES string of the molecule is CC1/C=C/CCOC(=O)c2c(O)cc(O)c(Cl)c2CC(=N\OCC(=O)N2CCCCC2)/C=C/C1. The Labute approximate surface area is 204 Å². The van der Waals surface area contributed by atoms with Gasteiger partial charge in [0.25, 0.3) is 5.91 Å². The molecular formula is C25H31ClN2O6. The molecule has 0 bridgehead atoms. The minimum atomic E-state index is -0.752. The highest BCUT2D eigenvalue weighted by Crippen LogP contribution is 2.37. The normalized spacial score (nSPS) is 22.9. The first-order chi connectivity index (χ1) is 16.4. The number of halogens is 1. The predicted molar refractivity (Wildman–Crippen MR) is 129 cm³/mol. The number of oxime groups is 1. The number of phenolic OH excluding ortho intramolecular Hbond substituents is 2. The molecule has 1 aromatic rings. The molecule has 0 spiro atoms. The number of piperidine rings is 1. The van der Waals surface area contributed by atoms with Crippen molar-refractivity contribution in [1.29, 1.82) is 0 Å². The van der Waals surface area contributed by atoms with Crippen LogP contribution in [-0.2, 0) is 20.8 Å². The summed E-state index contributed by atoms with van der Waals surface area (Å²) in [6.07, 6.45) is 11.9. The van der Waals surface area contributed by atoms with Crippen LogP contribution in [0.4, 0.5) is 0 Å². The number of carbonyl (C=O) groups is 2. The Morgan fingerprint density at radius 2 is 2.00 bits per heavy atom. The van der Waals surface area contributed by atoms with Crippen molar-refractivity contribution < 1.29 is 29.4 Å². The number of phenols is 2. The van der Waals surface area contributed by atoms with E-state index in [1.807, 2.05) is 18.2 Å². The number of rotatable bonds is 3. The number of benzene rings is 1. The summed E-state index contributed by atoms with van der Waals surface area (Å²) in [6, 6.07) is 1.01. The van der Waals surface area contributed by atoms with Crippen molar-refractivity contribution in [3.8, 4) is 11.5 Å². The molecule has 9 heteroatoms. The smallest absolute Gasteiger partial charge is 0.342 e. The van der Waals surface area contributed by atoms with Gasteiger partial charge in [-0.05, 0) is 49.7 Å². The zero-order valence-corrected chi connectivity index (χ0v) is 20.1. The Kier molecular flexibility index (Phi) is 9.39. The molecule has 184 valence electrons. The van der Waals surface area contributed by atoms with Crippen molar-refractivity contribution >= 4 is 29.2 Å². The van der Waals surface area contributed by atoms with Crippen LogP contribution in [0.25, 0.3) is 0 Å². The van der Waals surface area contributed by atoms with Crippen LogP contribution in [0.5, 0.6) is 11.5 Å². The summed E-state index contributed by atoms with van der Waals surface area (Å²) < 4.78 is 5.31. The van der Waals surface area contributed by atoms with Gasteiger partial charge in [-0.15, -0.1) is 0 Å². The lowest BCUT2D eigenvalue weighted by Gasteiger charge is -2.26. The second-order valence-corrected chi connectivity index (χ2v) is 8.90. The minimum absolute atomic E-state index is 0.0240. The van der Waals surface area contributed by atoms with E-state index in [2.05, 4.69) is 12.1 Å². The first-order valence-electron chi connectivity index (χ1n) is 11.6. The minimum Gasteiger partial charge on any atom is -0.507 e. The summed E-state index contributed by atoms with van der Waals surface area (Å²) in [5.74, 6) is -1.44. The fourth-order valence-corrected chi connectivity index (χ4v) is 4.12. The van der Waals surface area contributed by atoms with Crippen molar-refractivity contribution in [3.63, 3.8) is 0 Å². The lowest BCUT2D eigenvalue weighted by molar-refractivity contribution is -0.137. The molecule has 1 amide bonds. The van der Waals surface area contributed by atoms with Crippen LogP contribution >= 0.6 is 11.6 Å². The molecule has 2 heterocycles. The van der Waals surface area contributed by atoms with Crippen LogP contribution in [0, 0.1) is 5.92 Å². The Morgan fingerprint density at radius 3 is 2.76 bits per heavy atom. The molecule has 1 aromatic carbocycles. The van der Waals surface area contributed by atoms with Gasteiger partial charge in [0.05, 0.1) is 17.3 Å². The fraction of sp³-hybridized carbons (Fsp3) is 0.480. The van der Waals surface area contributed by atoms with E-state index in [4.69, 9.17) is 21.2 Å². The molecule has 1 fully saturated rings. The fourth-order valence-electron chi connectivity index (χ4n) is 3.90. The quantitative estimate of drug-likeness (QED) is 0.370. The molecule has 0 aliphatic carbocycles. The topological polar surface area (TPSA) is 109 Å². The summed E-state index contributed by atoms with van der Waals surface area (Å²) in [6.45, 7) is 3.43. The number of likely N-dealkylation sites (tertiary alicyclic amines) is 1. The Morgan fingerprint density at radius 1 is 1.24 bits per heavy atom. The molecule has 2 N–H and O–H groups in total. The molecule has 0 aromatic heterocycles. The number of esters is 1.